The highest BCUT2D eigenvalue weighted by atomic mass is 16.5. The molecular formula is C15H32NO3+. The van der Waals surface area contributed by atoms with Gasteiger partial charge < -0.3 is 14.3 Å². The summed E-state index contributed by atoms with van der Waals surface area (Å²) in [7, 11) is 7.74. The van der Waals surface area contributed by atoms with Crippen LogP contribution in [-0.4, -0.2) is 56.5 Å². The minimum atomic E-state index is -0.181. The summed E-state index contributed by atoms with van der Waals surface area (Å²) in [6.07, 6.45) is 7.91. The molecule has 0 amide bonds. The van der Waals surface area contributed by atoms with E-state index in [0.29, 0.717) is 6.42 Å². The van der Waals surface area contributed by atoms with Crippen LogP contribution in [0.2, 0.25) is 0 Å². The van der Waals surface area contributed by atoms with Crippen molar-refractivity contribution in [2.75, 3.05) is 34.8 Å². The van der Waals surface area contributed by atoms with Gasteiger partial charge in [0.25, 0.3) is 0 Å². The normalized spacial score (nSPS) is 13.3. The third-order valence-corrected chi connectivity index (χ3v) is 3.15. The van der Waals surface area contributed by atoms with Crippen LogP contribution in [0.4, 0.5) is 0 Å². The number of unbranched alkanes of at least 4 members (excludes halogenated alkanes) is 5. The van der Waals surface area contributed by atoms with Gasteiger partial charge in [-0.1, -0.05) is 32.1 Å². The molecule has 0 bridgehead atoms. The zero-order chi connectivity index (χ0) is 14.7. The average molecular weight is 274 g/mol. The van der Waals surface area contributed by atoms with Crippen molar-refractivity contribution < 1.29 is 19.1 Å². The molecule has 0 rings (SSSR count). The van der Waals surface area contributed by atoms with Crippen LogP contribution < -0.4 is 0 Å². The Morgan fingerprint density at radius 1 is 1.05 bits per heavy atom. The van der Waals surface area contributed by atoms with Crippen LogP contribution in [0, 0.1) is 0 Å². The zero-order valence-electron chi connectivity index (χ0n) is 13.2. The van der Waals surface area contributed by atoms with Crippen LogP contribution >= 0.6 is 0 Å². The van der Waals surface area contributed by atoms with Crippen molar-refractivity contribution in [3.8, 4) is 0 Å². The lowest BCUT2D eigenvalue weighted by Gasteiger charge is -2.26. The van der Waals surface area contributed by atoms with Crippen molar-refractivity contribution in [3.05, 3.63) is 0 Å². The molecule has 0 aliphatic heterocycles. The van der Waals surface area contributed by atoms with E-state index < -0.39 is 0 Å². The summed E-state index contributed by atoms with van der Waals surface area (Å²) in [5, 5.41) is 9.85. The monoisotopic (exact) mass is 274 g/mol. The van der Waals surface area contributed by atoms with Gasteiger partial charge in [-0.15, -0.1) is 0 Å². The highest BCUT2D eigenvalue weighted by Gasteiger charge is 2.14. The van der Waals surface area contributed by atoms with Gasteiger partial charge in [-0.05, 0) is 12.8 Å². The molecule has 0 saturated carbocycles. The van der Waals surface area contributed by atoms with Crippen LogP contribution in [-0.2, 0) is 9.53 Å². The maximum absolute atomic E-state index is 10.9. The molecule has 0 aromatic rings. The molecule has 0 radical (unpaired) electrons. The number of carbonyl (C=O) groups excluding carboxylic acids is 1. The zero-order valence-corrected chi connectivity index (χ0v) is 13.2. The number of carbonyl (C=O) groups is 1. The lowest BCUT2D eigenvalue weighted by molar-refractivity contribution is -0.873. The van der Waals surface area contributed by atoms with Gasteiger partial charge in [0.1, 0.15) is 12.6 Å². The number of likely N-dealkylation sites (N-methyl/N-ethyl adjacent to an activating group) is 1. The first-order valence-electron chi connectivity index (χ1n) is 7.40. The Balaban J connectivity index is 3.29. The Hall–Kier alpha value is -0.610. The summed E-state index contributed by atoms with van der Waals surface area (Å²) in [4.78, 5) is 10.9. The Labute approximate surface area is 118 Å². The third kappa shape index (κ3) is 13.6. The van der Waals surface area contributed by atoms with E-state index in [1.807, 2.05) is 0 Å². The SMILES string of the molecule is COC(=O)CCCCCCCC[C@@H](O)C[N+](C)(C)C. The highest BCUT2D eigenvalue weighted by Crippen LogP contribution is 2.11. The number of aliphatic hydroxyl groups excluding tert-OH is 1. The Morgan fingerprint density at radius 3 is 2.11 bits per heavy atom. The summed E-state index contributed by atoms with van der Waals surface area (Å²) >= 11 is 0. The molecule has 0 unspecified atom stereocenters. The molecule has 4 heteroatoms. The van der Waals surface area contributed by atoms with Crippen molar-refractivity contribution in [2.24, 2.45) is 0 Å². The number of hydrogen-bond donors (Lipinski definition) is 1. The van der Waals surface area contributed by atoms with Crippen LogP contribution in [0.5, 0.6) is 0 Å². The Morgan fingerprint density at radius 2 is 1.58 bits per heavy atom. The lowest BCUT2D eigenvalue weighted by Crippen LogP contribution is -2.41. The number of nitrogens with zero attached hydrogens (tertiary/aromatic N) is 1. The summed E-state index contributed by atoms with van der Waals surface area (Å²) in [6, 6.07) is 0. The van der Waals surface area contributed by atoms with Crippen molar-refractivity contribution in [1.82, 2.24) is 0 Å². The lowest BCUT2D eigenvalue weighted by atomic mass is 10.1. The quantitative estimate of drug-likeness (QED) is 0.357. The molecule has 0 spiro atoms. The summed E-state index contributed by atoms with van der Waals surface area (Å²) in [5.74, 6) is -0.108. The van der Waals surface area contributed by atoms with E-state index in [1.165, 1.54) is 26.4 Å². The molecule has 0 aromatic carbocycles. The van der Waals surface area contributed by atoms with Crippen LogP contribution in [0.3, 0.4) is 0 Å². The molecule has 0 aromatic heterocycles. The summed E-state index contributed by atoms with van der Waals surface area (Å²) in [5.41, 5.74) is 0. The van der Waals surface area contributed by atoms with E-state index >= 15 is 0 Å². The molecule has 1 atom stereocenters. The van der Waals surface area contributed by atoms with Gasteiger partial charge in [-0.3, -0.25) is 4.79 Å². The predicted molar refractivity (Wildman–Crippen MR) is 77.9 cm³/mol. The second kappa shape index (κ2) is 10.2. The molecule has 0 heterocycles. The molecule has 0 aliphatic rings. The van der Waals surface area contributed by atoms with Gasteiger partial charge in [-0.25, -0.2) is 0 Å². The van der Waals surface area contributed by atoms with Crippen LogP contribution in [0.25, 0.3) is 0 Å². The number of quaternary nitrogens is 1. The van der Waals surface area contributed by atoms with E-state index in [0.717, 1.165) is 36.7 Å². The maximum atomic E-state index is 10.9. The van der Waals surface area contributed by atoms with Crippen LogP contribution in [0.1, 0.15) is 51.4 Å². The van der Waals surface area contributed by atoms with E-state index in [9.17, 15) is 9.90 Å². The second-order valence-corrected chi connectivity index (χ2v) is 6.36. The van der Waals surface area contributed by atoms with Crippen LogP contribution in [0.15, 0.2) is 0 Å². The largest absolute Gasteiger partial charge is 0.469 e. The van der Waals surface area contributed by atoms with Crippen molar-refractivity contribution in [1.29, 1.82) is 0 Å². The number of methoxy groups -OCH3 is 1. The minimum Gasteiger partial charge on any atom is -0.469 e. The minimum absolute atomic E-state index is 0.108. The fraction of sp³-hybridized carbons (Fsp3) is 0.933. The van der Waals surface area contributed by atoms with Crippen molar-refractivity contribution in [3.63, 3.8) is 0 Å². The fourth-order valence-electron chi connectivity index (χ4n) is 2.18. The number of aliphatic hydroxyl groups is 1. The first-order valence-corrected chi connectivity index (χ1v) is 7.40. The molecular weight excluding hydrogens is 242 g/mol. The first-order chi connectivity index (χ1) is 8.85. The predicted octanol–water partition coefficient (Wildman–Crippen LogP) is 2.35. The second-order valence-electron chi connectivity index (χ2n) is 6.36. The molecule has 0 fully saturated rings. The average Bonchev–Trinajstić information content (AvgIpc) is 2.29. The van der Waals surface area contributed by atoms with Gasteiger partial charge >= 0.3 is 5.97 Å². The molecule has 0 saturated heterocycles. The van der Waals surface area contributed by atoms with Crippen molar-refractivity contribution in [2.45, 2.75) is 57.5 Å². The standard InChI is InChI=1S/C15H32NO3/c1-16(2,3)13-14(17)11-9-7-5-6-8-10-12-15(18)19-4/h14,17H,5-13H2,1-4H3/q+1/t14-/m1/s1. The Bertz CT molecular complexity index is 236. The van der Waals surface area contributed by atoms with Gasteiger partial charge in [-0.2, -0.15) is 0 Å². The highest BCUT2D eigenvalue weighted by molar-refractivity contribution is 5.68. The number of hydrogen-bond acceptors (Lipinski definition) is 3. The Kier molecular flexibility index (Phi) is 9.88. The van der Waals surface area contributed by atoms with E-state index in [-0.39, 0.29) is 12.1 Å². The van der Waals surface area contributed by atoms with Gasteiger partial charge in [0, 0.05) is 6.42 Å². The first kappa shape index (κ1) is 18.4. The topological polar surface area (TPSA) is 46.5 Å². The smallest absolute Gasteiger partial charge is 0.305 e. The van der Waals surface area contributed by atoms with Gasteiger partial charge in [0.05, 0.1) is 28.3 Å². The molecule has 19 heavy (non-hydrogen) atoms. The van der Waals surface area contributed by atoms with Gasteiger partial charge in [0.2, 0.25) is 0 Å². The molecule has 0 aliphatic carbocycles. The molecule has 114 valence electrons. The van der Waals surface area contributed by atoms with Crippen molar-refractivity contribution >= 4 is 5.97 Å². The number of rotatable bonds is 11. The van der Waals surface area contributed by atoms with E-state index in [4.69, 9.17) is 0 Å². The number of ether oxygens (including phenoxy) is 1. The fourth-order valence-corrected chi connectivity index (χ4v) is 2.18. The maximum Gasteiger partial charge on any atom is 0.305 e. The molecule has 1 N–H and O–H groups in total. The summed E-state index contributed by atoms with van der Waals surface area (Å²) < 4.78 is 5.41. The molecule has 4 nitrogen and oxygen atoms in total. The van der Waals surface area contributed by atoms with E-state index in [1.54, 1.807) is 0 Å². The number of esters is 1. The third-order valence-electron chi connectivity index (χ3n) is 3.15. The van der Waals surface area contributed by atoms with Gasteiger partial charge in [0.15, 0.2) is 0 Å². The summed E-state index contributed by atoms with van der Waals surface area (Å²) in [6.45, 7) is 0.819. The van der Waals surface area contributed by atoms with E-state index in [2.05, 4.69) is 25.9 Å².